The van der Waals surface area contributed by atoms with Gasteiger partial charge in [0.2, 0.25) is 0 Å². The Kier molecular flexibility index (Phi) is 4.68. The van der Waals surface area contributed by atoms with Gasteiger partial charge in [-0.15, -0.1) is 0 Å². The van der Waals surface area contributed by atoms with Crippen molar-refractivity contribution in [2.45, 2.75) is 39.2 Å². The number of aliphatic hydroxyl groups is 1. The third-order valence-corrected chi connectivity index (χ3v) is 2.69. The van der Waals surface area contributed by atoms with Gasteiger partial charge in [-0.05, 0) is 17.9 Å². The summed E-state index contributed by atoms with van der Waals surface area (Å²) >= 11 is 0. The van der Waals surface area contributed by atoms with Gasteiger partial charge in [-0.2, -0.15) is 0 Å². The first kappa shape index (κ1) is 11.3. The van der Waals surface area contributed by atoms with Crippen molar-refractivity contribution in [3.8, 4) is 0 Å². The van der Waals surface area contributed by atoms with Crippen molar-refractivity contribution in [1.29, 1.82) is 0 Å². The van der Waals surface area contributed by atoms with Crippen molar-refractivity contribution in [2.75, 3.05) is 0 Å². The molecular formula is C13H20O. The van der Waals surface area contributed by atoms with Gasteiger partial charge in [0.1, 0.15) is 0 Å². The number of hydrogen-bond donors (Lipinski definition) is 1. The average Bonchev–Trinajstić information content (AvgIpc) is 2.26. The Balaban J connectivity index is 2.52. The van der Waals surface area contributed by atoms with Crippen LogP contribution in [0.5, 0.6) is 0 Å². The van der Waals surface area contributed by atoms with Crippen LogP contribution in [-0.2, 0) is 0 Å². The highest BCUT2D eigenvalue weighted by Crippen LogP contribution is 2.25. The summed E-state index contributed by atoms with van der Waals surface area (Å²) < 4.78 is 0. The molecule has 0 radical (unpaired) electrons. The van der Waals surface area contributed by atoms with E-state index in [0.717, 1.165) is 12.0 Å². The number of hydrogen-bond acceptors (Lipinski definition) is 1. The van der Waals surface area contributed by atoms with E-state index in [0.29, 0.717) is 5.92 Å². The van der Waals surface area contributed by atoms with Crippen LogP contribution < -0.4 is 0 Å². The molecule has 1 rings (SSSR count). The Bertz CT molecular complexity index is 243. The predicted octanol–water partition coefficient (Wildman–Crippen LogP) is 3.55. The van der Waals surface area contributed by atoms with Crippen LogP contribution in [0.2, 0.25) is 0 Å². The molecule has 2 atom stereocenters. The molecule has 0 aliphatic heterocycles. The summed E-state index contributed by atoms with van der Waals surface area (Å²) in [5, 5.41) is 10.0. The molecule has 0 saturated heterocycles. The molecule has 1 aromatic carbocycles. The molecule has 0 aliphatic carbocycles. The maximum atomic E-state index is 10.0. The van der Waals surface area contributed by atoms with Crippen LogP contribution in [0.25, 0.3) is 0 Å². The molecule has 14 heavy (non-hydrogen) atoms. The highest BCUT2D eigenvalue weighted by atomic mass is 16.3. The maximum Gasteiger partial charge on any atom is 0.0815 e. The quantitative estimate of drug-likeness (QED) is 0.756. The van der Waals surface area contributed by atoms with Gasteiger partial charge >= 0.3 is 0 Å². The second-order valence-corrected chi connectivity index (χ2v) is 3.98. The molecule has 2 unspecified atom stereocenters. The van der Waals surface area contributed by atoms with E-state index >= 15 is 0 Å². The third-order valence-electron chi connectivity index (χ3n) is 2.69. The summed E-state index contributed by atoms with van der Waals surface area (Å²) in [4.78, 5) is 0. The number of rotatable bonds is 5. The number of aliphatic hydroxyl groups excluding tert-OH is 1. The van der Waals surface area contributed by atoms with Gasteiger partial charge in [0, 0.05) is 0 Å². The van der Waals surface area contributed by atoms with Crippen LogP contribution in [-0.4, -0.2) is 5.11 Å². The van der Waals surface area contributed by atoms with E-state index < -0.39 is 0 Å². The minimum atomic E-state index is -0.303. The molecule has 0 bridgehead atoms. The van der Waals surface area contributed by atoms with Crippen molar-refractivity contribution in [2.24, 2.45) is 5.92 Å². The first-order valence-corrected chi connectivity index (χ1v) is 5.48. The SMILES string of the molecule is CCCCC(C)C(O)c1ccccc1. The van der Waals surface area contributed by atoms with Crippen LogP contribution >= 0.6 is 0 Å². The van der Waals surface area contributed by atoms with Crippen molar-refractivity contribution in [3.05, 3.63) is 35.9 Å². The minimum Gasteiger partial charge on any atom is -0.388 e. The lowest BCUT2D eigenvalue weighted by molar-refractivity contribution is 0.111. The van der Waals surface area contributed by atoms with E-state index in [9.17, 15) is 5.11 Å². The van der Waals surface area contributed by atoms with E-state index in [2.05, 4.69) is 13.8 Å². The van der Waals surface area contributed by atoms with Gasteiger partial charge in [0.25, 0.3) is 0 Å². The lowest BCUT2D eigenvalue weighted by Crippen LogP contribution is -2.08. The van der Waals surface area contributed by atoms with Gasteiger partial charge < -0.3 is 5.11 Å². The zero-order valence-electron chi connectivity index (χ0n) is 9.11. The van der Waals surface area contributed by atoms with Gasteiger partial charge in [-0.25, -0.2) is 0 Å². The molecule has 1 nitrogen and oxygen atoms in total. The lowest BCUT2D eigenvalue weighted by Gasteiger charge is -2.18. The van der Waals surface area contributed by atoms with Crippen LogP contribution in [0.1, 0.15) is 44.8 Å². The monoisotopic (exact) mass is 192 g/mol. The van der Waals surface area contributed by atoms with Gasteiger partial charge in [-0.3, -0.25) is 0 Å². The van der Waals surface area contributed by atoms with E-state index in [-0.39, 0.29) is 6.10 Å². The fraction of sp³-hybridized carbons (Fsp3) is 0.538. The summed E-state index contributed by atoms with van der Waals surface area (Å²) in [5.74, 6) is 0.359. The van der Waals surface area contributed by atoms with Crippen LogP contribution in [0.4, 0.5) is 0 Å². The predicted molar refractivity (Wildman–Crippen MR) is 60.1 cm³/mol. The summed E-state index contributed by atoms with van der Waals surface area (Å²) in [6.07, 6.45) is 3.20. The first-order chi connectivity index (χ1) is 6.75. The van der Waals surface area contributed by atoms with Crippen molar-refractivity contribution < 1.29 is 5.11 Å². The van der Waals surface area contributed by atoms with Gasteiger partial charge in [-0.1, -0.05) is 57.0 Å². The Hall–Kier alpha value is -0.820. The highest BCUT2D eigenvalue weighted by Gasteiger charge is 2.14. The third kappa shape index (κ3) is 3.15. The molecule has 78 valence electrons. The molecule has 0 saturated carbocycles. The van der Waals surface area contributed by atoms with E-state index in [1.54, 1.807) is 0 Å². The first-order valence-electron chi connectivity index (χ1n) is 5.48. The van der Waals surface area contributed by atoms with Crippen LogP contribution in [0, 0.1) is 5.92 Å². The van der Waals surface area contributed by atoms with Gasteiger partial charge in [0.15, 0.2) is 0 Å². The van der Waals surface area contributed by atoms with Crippen molar-refractivity contribution in [3.63, 3.8) is 0 Å². The smallest absolute Gasteiger partial charge is 0.0815 e. The van der Waals surface area contributed by atoms with Gasteiger partial charge in [0.05, 0.1) is 6.10 Å². The lowest BCUT2D eigenvalue weighted by atomic mass is 9.93. The molecule has 1 aromatic rings. The molecule has 0 aliphatic rings. The number of unbranched alkanes of at least 4 members (excludes halogenated alkanes) is 1. The molecule has 0 fully saturated rings. The molecule has 1 heteroatoms. The Morgan fingerprint density at radius 3 is 2.43 bits per heavy atom. The average molecular weight is 192 g/mol. The summed E-state index contributed by atoms with van der Waals surface area (Å²) in [6, 6.07) is 9.92. The Labute approximate surface area is 86.8 Å². The molecule has 0 heterocycles. The number of benzene rings is 1. The fourth-order valence-corrected chi connectivity index (χ4v) is 1.66. The Morgan fingerprint density at radius 2 is 1.86 bits per heavy atom. The Morgan fingerprint density at radius 1 is 1.21 bits per heavy atom. The normalized spacial score (nSPS) is 15.1. The zero-order valence-corrected chi connectivity index (χ0v) is 9.11. The maximum absolute atomic E-state index is 10.0. The van der Waals surface area contributed by atoms with E-state index in [4.69, 9.17) is 0 Å². The van der Waals surface area contributed by atoms with Crippen molar-refractivity contribution in [1.82, 2.24) is 0 Å². The second kappa shape index (κ2) is 5.82. The fourth-order valence-electron chi connectivity index (χ4n) is 1.66. The molecule has 1 N–H and O–H groups in total. The summed E-state index contributed by atoms with van der Waals surface area (Å²) in [5.41, 5.74) is 1.04. The van der Waals surface area contributed by atoms with E-state index in [1.807, 2.05) is 30.3 Å². The standard InChI is InChI=1S/C13H20O/c1-3-4-8-11(2)13(14)12-9-6-5-7-10-12/h5-7,9-11,13-14H,3-4,8H2,1-2H3. The molecule has 0 spiro atoms. The zero-order chi connectivity index (χ0) is 10.4. The van der Waals surface area contributed by atoms with Crippen molar-refractivity contribution >= 4 is 0 Å². The highest BCUT2D eigenvalue weighted by molar-refractivity contribution is 5.17. The molecule has 0 aromatic heterocycles. The summed E-state index contributed by atoms with van der Waals surface area (Å²) in [7, 11) is 0. The van der Waals surface area contributed by atoms with Crippen LogP contribution in [0.3, 0.4) is 0 Å². The molecular weight excluding hydrogens is 172 g/mol. The summed E-state index contributed by atoms with van der Waals surface area (Å²) in [6.45, 7) is 4.30. The largest absolute Gasteiger partial charge is 0.388 e. The molecule has 0 amide bonds. The van der Waals surface area contributed by atoms with E-state index in [1.165, 1.54) is 12.8 Å². The minimum absolute atomic E-state index is 0.303. The topological polar surface area (TPSA) is 20.2 Å². The van der Waals surface area contributed by atoms with Crippen LogP contribution in [0.15, 0.2) is 30.3 Å². The second-order valence-electron chi connectivity index (χ2n) is 3.98.